The molecule has 8 heteroatoms. The van der Waals surface area contributed by atoms with Gasteiger partial charge in [0.1, 0.15) is 12.2 Å². The third-order valence-corrected chi connectivity index (χ3v) is 5.15. The zero-order chi connectivity index (χ0) is 18.4. The highest BCUT2D eigenvalue weighted by Crippen LogP contribution is 2.42. The number of hydrogen-bond acceptors (Lipinski definition) is 4. The molecule has 1 aromatic rings. The van der Waals surface area contributed by atoms with Crippen molar-refractivity contribution < 1.29 is 4.74 Å². The van der Waals surface area contributed by atoms with Gasteiger partial charge in [0, 0.05) is 38.7 Å². The number of hydrogen-bond donors (Lipinski definition) is 1. The lowest BCUT2D eigenvalue weighted by atomic mass is 9.64. The quantitative estimate of drug-likeness (QED) is 0.270. The van der Waals surface area contributed by atoms with Crippen LogP contribution in [0.1, 0.15) is 52.8 Å². The average Bonchev–Trinajstić information content (AvgIpc) is 2.97. The van der Waals surface area contributed by atoms with E-state index in [0.717, 1.165) is 37.8 Å². The molecule has 1 saturated carbocycles. The van der Waals surface area contributed by atoms with E-state index >= 15 is 0 Å². The molecule has 0 aromatic carbocycles. The number of rotatable bonds is 8. The number of nitrogens with zero attached hydrogens (tertiary/aromatic N) is 5. The number of guanidine groups is 1. The Hall–Kier alpha value is -0.900. The number of aryl methyl sites for hydroxylation is 1. The molecule has 0 radical (unpaired) electrons. The van der Waals surface area contributed by atoms with Gasteiger partial charge in [-0.05, 0) is 19.8 Å². The smallest absolute Gasteiger partial charge is 0.194 e. The Morgan fingerprint density at radius 3 is 2.73 bits per heavy atom. The minimum Gasteiger partial charge on any atom is -0.378 e. The van der Waals surface area contributed by atoms with Gasteiger partial charge in [-0.3, -0.25) is 9.67 Å². The van der Waals surface area contributed by atoms with Gasteiger partial charge in [0.15, 0.2) is 5.96 Å². The zero-order valence-corrected chi connectivity index (χ0v) is 19.4. The number of halogens is 1. The first-order valence-electron chi connectivity index (χ1n) is 9.36. The SMILES string of the molecule is CCCCOC1CC(NC(=NCC)N(C)Cc2ncnn2C)C1(C)C.I. The second-order valence-corrected chi connectivity index (χ2v) is 7.42. The highest BCUT2D eigenvalue weighted by Gasteiger charge is 2.49. The van der Waals surface area contributed by atoms with Crippen molar-refractivity contribution in [3.63, 3.8) is 0 Å². The zero-order valence-electron chi connectivity index (χ0n) is 17.0. The van der Waals surface area contributed by atoms with E-state index in [1.807, 2.05) is 14.1 Å². The van der Waals surface area contributed by atoms with Gasteiger partial charge in [0.05, 0.1) is 12.6 Å². The molecule has 1 aromatic heterocycles. The van der Waals surface area contributed by atoms with Gasteiger partial charge in [-0.15, -0.1) is 24.0 Å². The van der Waals surface area contributed by atoms with E-state index in [0.29, 0.717) is 18.7 Å². The third-order valence-electron chi connectivity index (χ3n) is 5.15. The highest BCUT2D eigenvalue weighted by atomic mass is 127. The van der Waals surface area contributed by atoms with Crippen LogP contribution in [0.15, 0.2) is 11.3 Å². The molecule has 1 fully saturated rings. The van der Waals surface area contributed by atoms with Gasteiger partial charge in [-0.25, -0.2) is 4.98 Å². The van der Waals surface area contributed by atoms with Crippen molar-refractivity contribution in [2.24, 2.45) is 17.5 Å². The second-order valence-electron chi connectivity index (χ2n) is 7.42. The summed E-state index contributed by atoms with van der Waals surface area (Å²) in [6.07, 6.45) is 5.24. The molecule has 26 heavy (non-hydrogen) atoms. The van der Waals surface area contributed by atoms with E-state index in [1.165, 1.54) is 6.42 Å². The van der Waals surface area contributed by atoms with Crippen molar-refractivity contribution in [3.05, 3.63) is 12.2 Å². The number of aromatic nitrogens is 3. The summed E-state index contributed by atoms with van der Waals surface area (Å²) in [5.41, 5.74) is 0.105. The lowest BCUT2D eigenvalue weighted by Crippen LogP contribution is -2.63. The minimum absolute atomic E-state index is 0. The van der Waals surface area contributed by atoms with Crippen LogP contribution < -0.4 is 5.32 Å². The summed E-state index contributed by atoms with van der Waals surface area (Å²) in [5.74, 6) is 1.83. The lowest BCUT2D eigenvalue weighted by molar-refractivity contribution is -0.114. The van der Waals surface area contributed by atoms with Crippen molar-refractivity contribution in [1.82, 2.24) is 25.0 Å². The lowest BCUT2D eigenvalue weighted by Gasteiger charge is -2.52. The highest BCUT2D eigenvalue weighted by molar-refractivity contribution is 14.0. The fourth-order valence-corrected chi connectivity index (χ4v) is 3.12. The first kappa shape index (κ1) is 23.1. The van der Waals surface area contributed by atoms with Crippen LogP contribution in [0.4, 0.5) is 0 Å². The molecule has 7 nitrogen and oxygen atoms in total. The van der Waals surface area contributed by atoms with Crippen LogP contribution in [-0.2, 0) is 18.3 Å². The molecule has 2 rings (SSSR count). The van der Waals surface area contributed by atoms with Crippen LogP contribution in [0.25, 0.3) is 0 Å². The van der Waals surface area contributed by atoms with Gasteiger partial charge < -0.3 is 15.0 Å². The van der Waals surface area contributed by atoms with Gasteiger partial charge in [0.2, 0.25) is 0 Å². The van der Waals surface area contributed by atoms with Crippen LogP contribution in [0.5, 0.6) is 0 Å². The number of nitrogens with one attached hydrogen (secondary N) is 1. The maximum atomic E-state index is 6.05. The van der Waals surface area contributed by atoms with Crippen LogP contribution in [0.3, 0.4) is 0 Å². The van der Waals surface area contributed by atoms with Gasteiger partial charge in [-0.2, -0.15) is 5.10 Å². The maximum Gasteiger partial charge on any atom is 0.194 e. The Balaban J connectivity index is 0.00000338. The standard InChI is InChI=1S/C18H34N6O.HI/c1-7-9-10-25-15-11-14(18(15,3)4)22-17(19-8-2)23(5)12-16-20-13-21-24(16)6;/h13-15H,7-12H2,1-6H3,(H,19,22);1H. The second kappa shape index (κ2) is 10.4. The van der Waals surface area contributed by atoms with Crippen molar-refractivity contribution >= 4 is 29.9 Å². The topological polar surface area (TPSA) is 67.6 Å². The molecule has 1 heterocycles. The fourth-order valence-electron chi connectivity index (χ4n) is 3.12. The van der Waals surface area contributed by atoms with Crippen molar-refractivity contribution in [2.75, 3.05) is 20.2 Å². The van der Waals surface area contributed by atoms with Gasteiger partial charge in [-0.1, -0.05) is 27.2 Å². The monoisotopic (exact) mass is 478 g/mol. The Labute approximate surface area is 175 Å². The van der Waals surface area contributed by atoms with Crippen molar-refractivity contribution in [2.45, 2.75) is 65.6 Å². The largest absolute Gasteiger partial charge is 0.378 e. The first-order valence-corrected chi connectivity index (χ1v) is 9.36. The summed E-state index contributed by atoms with van der Waals surface area (Å²) in [6.45, 7) is 11.1. The van der Waals surface area contributed by atoms with E-state index in [9.17, 15) is 0 Å². The Morgan fingerprint density at radius 1 is 1.46 bits per heavy atom. The van der Waals surface area contributed by atoms with Gasteiger partial charge in [0.25, 0.3) is 0 Å². The van der Waals surface area contributed by atoms with Crippen molar-refractivity contribution in [1.29, 1.82) is 0 Å². The van der Waals surface area contributed by atoms with E-state index in [-0.39, 0.29) is 29.4 Å². The summed E-state index contributed by atoms with van der Waals surface area (Å²) in [6, 6.07) is 0.367. The van der Waals surface area contributed by atoms with Crippen LogP contribution in [-0.4, -0.2) is 58.0 Å². The molecule has 0 bridgehead atoms. The third kappa shape index (κ3) is 5.55. The number of aliphatic imine (C=N–C) groups is 1. The Kier molecular flexibility index (Phi) is 9.29. The molecule has 0 aliphatic heterocycles. The maximum absolute atomic E-state index is 6.05. The average molecular weight is 478 g/mol. The fraction of sp³-hybridized carbons (Fsp3) is 0.833. The molecule has 0 amide bonds. The van der Waals surface area contributed by atoms with Gasteiger partial charge >= 0.3 is 0 Å². The summed E-state index contributed by atoms with van der Waals surface area (Å²) >= 11 is 0. The summed E-state index contributed by atoms with van der Waals surface area (Å²) in [5, 5.41) is 7.77. The Bertz CT molecular complexity index is 574. The van der Waals surface area contributed by atoms with E-state index in [1.54, 1.807) is 11.0 Å². The Morgan fingerprint density at radius 2 is 2.19 bits per heavy atom. The normalized spacial score (nSPS) is 21.7. The van der Waals surface area contributed by atoms with Crippen LogP contribution >= 0.6 is 24.0 Å². The predicted molar refractivity (Wildman–Crippen MR) is 116 cm³/mol. The summed E-state index contributed by atoms with van der Waals surface area (Å²) in [4.78, 5) is 11.1. The molecular weight excluding hydrogens is 443 g/mol. The molecule has 2 unspecified atom stereocenters. The molecule has 0 spiro atoms. The first-order chi connectivity index (χ1) is 11.9. The molecule has 150 valence electrons. The van der Waals surface area contributed by atoms with Crippen molar-refractivity contribution in [3.8, 4) is 0 Å². The predicted octanol–water partition coefficient (Wildman–Crippen LogP) is 2.81. The van der Waals surface area contributed by atoms with E-state index in [4.69, 9.17) is 4.74 Å². The molecule has 0 saturated heterocycles. The van der Waals surface area contributed by atoms with Crippen LogP contribution in [0, 0.1) is 5.41 Å². The molecule has 2 atom stereocenters. The van der Waals surface area contributed by atoms with E-state index in [2.05, 4.69) is 53.0 Å². The molecule has 1 N–H and O–H groups in total. The minimum atomic E-state index is 0. The van der Waals surface area contributed by atoms with Crippen LogP contribution in [0.2, 0.25) is 0 Å². The summed E-state index contributed by atoms with van der Waals surface area (Å²) < 4.78 is 7.85. The molecule has 1 aliphatic rings. The summed E-state index contributed by atoms with van der Waals surface area (Å²) in [7, 11) is 3.95. The van der Waals surface area contributed by atoms with E-state index < -0.39 is 0 Å². The number of unbranched alkanes of at least 4 members (excludes halogenated alkanes) is 1. The molecular formula is C18H35IN6O. The molecule has 1 aliphatic carbocycles. The number of ether oxygens (including phenoxy) is 1.